The molecule has 31 heavy (non-hydrogen) atoms. The van der Waals surface area contributed by atoms with Gasteiger partial charge >= 0.3 is 5.97 Å². The molecule has 1 heterocycles. The van der Waals surface area contributed by atoms with Crippen LogP contribution in [0.15, 0.2) is 36.4 Å². The summed E-state index contributed by atoms with van der Waals surface area (Å²) in [4.78, 5) is 27.0. The summed E-state index contributed by atoms with van der Waals surface area (Å²) in [5.41, 5.74) is 0.231. The van der Waals surface area contributed by atoms with Crippen molar-refractivity contribution in [3.05, 3.63) is 47.8 Å². The Bertz CT molecular complexity index is 940. The number of ether oxygens (including phenoxy) is 5. The predicted molar refractivity (Wildman–Crippen MR) is 108 cm³/mol. The molecule has 0 saturated carbocycles. The van der Waals surface area contributed by atoms with E-state index in [4.69, 9.17) is 23.7 Å². The Morgan fingerprint density at radius 3 is 2.16 bits per heavy atom. The molecule has 1 amide bonds. The number of likely N-dealkylation sites (tertiary alicyclic amines) is 1. The van der Waals surface area contributed by atoms with E-state index < -0.39 is 29.8 Å². The summed E-state index contributed by atoms with van der Waals surface area (Å²) < 4.78 is 40.5. The van der Waals surface area contributed by atoms with Gasteiger partial charge in [-0.15, -0.1) is 0 Å². The first-order chi connectivity index (χ1) is 14.9. The van der Waals surface area contributed by atoms with Crippen LogP contribution in [0.25, 0.3) is 0 Å². The van der Waals surface area contributed by atoms with Crippen LogP contribution in [-0.4, -0.2) is 63.9 Å². The maximum absolute atomic E-state index is 14.0. The van der Waals surface area contributed by atoms with Crippen LogP contribution in [0.2, 0.25) is 0 Å². The number of hydrogen-bond acceptors (Lipinski definition) is 7. The minimum atomic E-state index is -0.881. The van der Waals surface area contributed by atoms with E-state index in [2.05, 4.69) is 0 Å². The van der Waals surface area contributed by atoms with E-state index >= 15 is 0 Å². The van der Waals surface area contributed by atoms with Gasteiger partial charge in [0.2, 0.25) is 5.75 Å². The first-order valence-electron chi connectivity index (χ1n) is 9.53. The molecule has 0 radical (unpaired) electrons. The molecule has 2 atom stereocenters. The number of methoxy groups -OCH3 is 4. The Balaban J connectivity index is 1.90. The van der Waals surface area contributed by atoms with E-state index in [1.165, 1.54) is 57.6 Å². The normalized spacial score (nSPS) is 17.8. The maximum atomic E-state index is 14.0. The third-order valence-corrected chi connectivity index (χ3v) is 5.04. The van der Waals surface area contributed by atoms with Crippen molar-refractivity contribution in [1.82, 2.24) is 4.90 Å². The third-order valence-electron chi connectivity index (χ3n) is 5.04. The van der Waals surface area contributed by atoms with Gasteiger partial charge < -0.3 is 28.6 Å². The monoisotopic (exact) mass is 433 g/mol. The standard InChI is InChI=1S/C22H24FNO7/c1-27-18-9-13(10-19(28-2)20(18)29-3)21(25)24-12-14(11-16(24)22(26)30-4)31-17-8-6-5-7-15(17)23/h5-10,14,16H,11-12H2,1-4H3. The SMILES string of the molecule is COC(=O)C1CC(Oc2ccccc2F)CN1C(=O)c1cc(OC)c(OC)c(OC)c1. The Morgan fingerprint density at radius 1 is 0.968 bits per heavy atom. The number of carbonyl (C=O) groups excluding carboxylic acids is 2. The molecule has 8 nitrogen and oxygen atoms in total. The van der Waals surface area contributed by atoms with Gasteiger partial charge in [-0.05, 0) is 24.3 Å². The van der Waals surface area contributed by atoms with Gasteiger partial charge in [0, 0.05) is 12.0 Å². The molecule has 3 rings (SSSR count). The number of para-hydroxylation sites is 1. The lowest BCUT2D eigenvalue weighted by Gasteiger charge is -2.23. The van der Waals surface area contributed by atoms with Crippen LogP contribution < -0.4 is 18.9 Å². The highest BCUT2D eigenvalue weighted by Gasteiger charge is 2.42. The van der Waals surface area contributed by atoms with Crippen molar-refractivity contribution in [2.75, 3.05) is 35.0 Å². The molecule has 2 unspecified atom stereocenters. The van der Waals surface area contributed by atoms with E-state index in [-0.39, 0.29) is 24.3 Å². The largest absolute Gasteiger partial charge is 0.493 e. The highest BCUT2D eigenvalue weighted by Crippen LogP contribution is 2.39. The average molecular weight is 433 g/mol. The first kappa shape index (κ1) is 22.2. The summed E-state index contributed by atoms with van der Waals surface area (Å²) in [7, 11) is 5.59. The molecule has 0 aliphatic carbocycles. The van der Waals surface area contributed by atoms with Crippen LogP contribution >= 0.6 is 0 Å². The van der Waals surface area contributed by atoms with E-state index in [1.807, 2.05) is 0 Å². The van der Waals surface area contributed by atoms with Gasteiger partial charge in [0.05, 0.1) is 35.0 Å². The highest BCUT2D eigenvalue weighted by molar-refractivity contribution is 5.98. The van der Waals surface area contributed by atoms with E-state index in [1.54, 1.807) is 12.1 Å². The minimum absolute atomic E-state index is 0.0539. The van der Waals surface area contributed by atoms with Crippen molar-refractivity contribution < 1.29 is 37.7 Å². The fourth-order valence-electron chi connectivity index (χ4n) is 3.56. The summed E-state index contributed by atoms with van der Waals surface area (Å²) in [6.45, 7) is 0.0730. The van der Waals surface area contributed by atoms with Crippen molar-refractivity contribution in [3.63, 3.8) is 0 Å². The van der Waals surface area contributed by atoms with Gasteiger partial charge in [0.15, 0.2) is 23.1 Å². The molecule has 1 aliphatic rings. The number of esters is 1. The van der Waals surface area contributed by atoms with Crippen molar-refractivity contribution in [3.8, 4) is 23.0 Å². The van der Waals surface area contributed by atoms with Gasteiger partial charge in [-0.3, -0.25) is 4.79 Å². The lowest BCUT2D eigenvalue weighted by Crippen LogP contribution is -2.41. The second-order valence-corrected chi connectivity index (χ2v) is 6.82. The lowest BCUT2D eigenvalue weighted by atomic mass is 10.1. The topological polar surface area (TPSA) is 83.5 Å². The molecular formula is C22H24FNO7. The summed E-state index contributed by atoms with van der Waals surface area (Å²) >= 11 is 0. The third kappa shape index (κ3) is 4.50. The fourth-order valence-corrected chi connectivity index (χ4v) is 3.56. The minimum Gasteiger partial charge on any atom is -0.493 e. The second-order valence-electron chi connectivity index (χ2n) is 6.82. The van der Waals surface area contributed by atoms with Crippen LogP contribution in [0.5, 0.6) is 23.0 Å². The van der Waals surface area contributed by atoms with Gasteiger partial charge in [-0.1, -0.05) is 12.1 Å². The summed E-state index contributed by atoms with van der Waals surface area (Å²) in [6.07, 6.45) is -0.427. The van der Waals surface area contributed by atoms with Crippen LogP contribution in [0.4, 0.5) is 4.39 Å². The molecule has 2 aromatic carbocycles. The van der Waals surface area contributed by atoms with Crippen LogP contribution in [0.1, 0.15) is 16.8 Å². The molecular weight excluding hydrogens is 409 g/mol. The molecule has 0 N–H and O–H groups in total. The Labute approximate surface area is 179 Å². The Kier molecular flexibility index (Phi) is 6.84. The number of halogens is 1. The molecule has 1 fully saturated rings. The smallest absolute Gasteiger partial charge is 0.328 e. The summed E-state index contributed by atoms with van der Waals surface area (Å²) in [6, 6.07) is 8.09. The Morgan fingerprint density at radius 2 is 1.61 bits per heavy atom. The zero-order chi connectivity index (χ0) is 22.5. The van der Waals surface area contributed by atoms with Crippen molar-refractivity contribution in [2.45, 2.75) is 18.6 Å². The fraction of sp³-hybridized carbons (Fsp3) is 0.364. The first-order valence-corrected chi connectivity index (χ1v) is 9.53. The van der Waals surface area contributed by atoms with Gasteiger partial charge in [0.1, 0.15) is 12.1 Å². The number of benzene rings is 2. The van der Waals surface area contributed by atoms with E-state index in [9.17, 15) is 14.0 Å². The highest BCUT2D eigenvalue weighted by atomic mass is 19.1. The number of carbonyl (C=O) groups is 2. The molecule has 2 aromatic rings. The average Bonchev–Trinajstić information content (AvgIpc) is 3.22. The van der Waals surface area contributed by atoms with Crippen LogP contribution in [0.3, 0.4) is 0 Å². The molecule has 0 spiro atoms. The lowest BCUT2D eigenvalue weighted by molar-refractivity contribution is -0.145. The molecule has 1 aliphatic heterocycles. The maximum Gasteiger partial charge on any atom is 0.328 e. The second kappa shape index (κ2) is 9.55. The zero-order valence-electron chi connectivity index (χ0n) is 17.7. The molecule has 9 heteroatoms. The number of amides is 1. The van der Waals surface area contributed by atoms with E-state index in [0.717, 1.165) is 0 Å². The predicted octanol–water partition coefficient (Wildman–Crippen LogP) is 2.69. The quantitative estimate of drug-likeness (QED) is 0.621. The van der Waals surface area contributed by atoms with Crippen LogP contribution in [0, 0.1) is 5.82 Å². The van der Waals surface area contributed by atoms with Gasteiger partial charge in [-0.2, -0.15) is 0 Å². The molecule has 1 saturated heterocycles. The van der Waals surface area contributed by atoms with Crippen molar-refractivity contribution >= 4 is 11.9 Å². The molecule has 0 bridgehead atoms. The van der Waals surface area contributed by atoms with Gasteiger partial charge in [0.25, 0.3) is 5.91 Å². The number of rotatable bonds is 7. The summed E-state index contributed by atoms with van der Waals surface area (Å²) in [5, 5.41) is 0. The van der Waals surface area contributed by atoms with Gasteiger partial charge in [-0.25, -0.2) is 9.18 Å². The summed E-state index contributed by atoms with van der Waals surface area (Å²) in [5.74, 6) is -0.552. The Hall–Kier alpha value is -3.49. The molecule has 166 valence electrons. The van der Waals surface area contributed by atoms with Crippen molar-refractivity contribution in [1.29, 1.82) is 0 Å². The van der Waals surface area contributed by atoms with Crippen molar-refractivity contribution in [2.24, 2.45) is 0 Å². The number of nitrogens with zero attached hydrogens (tertiary/aromatic N) is 1. The zero-order valence-corrected chi connectivity index (χ0v) is 17.7. The van der Waals surface area contributed by atoms with Crippen LogP contribution in [-0.2, 0) is 9.53 Å². The molecule has 0 aromatic heterocycles. The number of hydrogen-bond donors (Lipinski definition) is 0. The van der Waals surface area contributed by atoms with E-state index in [0.29, 0.717) is 17.2 Å².